The Labute approximate surface area is 176 Å². The Balaban J connectivity index is 1.66. The third kappa shape index (κ3) is 3.66. The number of anilines is 2. The van der Waals surface area contributed by atoms with E-state index < -0.39 is 11.9 Å². The Morgan fingerprint density at radius 1 is 1.24 bits per heavy atom. The van der Waals surface area contributed by atoms with E-state index in [4.69, 9.17) is 27.9 Å². The monoisotopic (exact) mass is 430 g/mol. The minimum Gasteiger partial charge on any atom is -0.497 e. The Morgan fingerprint density at radius 2 is 2.00 bits per heavy atom. The smallest absolute Gasteiger partial charge is 0.249 e. The first-order chi connectivity index (χ1) is 14.0. The number of rotatable bonds is 4. The van der Waals surface area contributed by atoms with Crippen LogP contribution in [0.5, 0.6) is 5.75 Å². The summed E-state index contributed by atoms with van der Waals surface area (Å²) < 4.78 is 6.68. The van der Waals surface area contributed by atoms with Crippen molar-refractivity contribution in [3.05, 3.63) is 58.7 Å². The Morgan fingerprint density at radius 3 is 2.72 bits per heavy atom. The molecule has 0 radical (unpaired) electrons. The van der Waals surface area contributed by atoms with Gasteiger partial charge in [0.05, 0.1) is 35.5 Å². The van der Waals surface area contributed by atoms with Crippen molar-refractivity contribution in [2.24, 2.45) is 0 Å². The summed E-state index contributed by atoms with van der Waals surface area (Å²) in [6, 6.07) is 11.5. The van der Waals surface area contributed by atoms with Crippen molar-refractivity contribution < 1.29 is 14.3 Å². The molecule has 0 bridgehead atoms. The molecule has 1 atom stereocenters. The van der Waals surface area contributed by atoms with E-state index >= 15 is 0 Å². The van der Waals surface area contributed by atoms with Gasteiger partial charge in [0, 0.05) is 5.56 Å². The van der Waals surface area contributed by atoms with Gasteiger partial charge in [-0.25, -0.2) is 4.68 Å². The van der Waals surface area contributed by atoms with E-state index in [0.717, 1.165) is 11.3 Å². The largest absolute Gasteiger partial charge is 0.497 e. The first-order valence-corrected chi connectivity index (χ1v) is 9.50. The van der Waals surface area contributed by atoms with Crippen molar-refractivity contribution in [2.75, 3.05) is 17.7 Å². The van der Waals surface area contributed by atoms with Crippen molar-refractivity contribution in [2.45, 2.75) is 12.5 Å². The lowest BCUT2D eigenvalue weighted by atomic mass is 10.1. The summed E-state index contributed by atoms with van der Waals surface area (Å²) in [7, 11) is 1.59. The summed E-state index contributed by atoms with van der Waals surface area (Å²) in [6.45, 7) is 0. The Bertz CT molecular complexity index is 1100. The summed E-state index contributed by atoms with van der Waals surface area (Å²) >= 11 is 12.2. The normalized spacial score (nSPS) is 15.4. The van der Waals surface area contributed by atoms with Gasteiger partial charge >= 0.3 is 0 Å². The molecular weight excluding hydrogens is 415 g/mol. The predicted molar refractivity (Wildman–Crippen MR) is 112 cm³/mol. The number of nitrogens with zero attached hydrogens (tertiary/aromatic N) is 2. The van der Waals surface area contributed by atoms with Gasteiger partial charge in [0.1, 0.15) is 17.6 Å². The van der Waals surface area contributed by atoms with Gasteiger partial charge < -0.3 is 15.4 Å². The van der Waals surface area contributed by atoms with Crippen molar-refractivity contribution in [3.8, 4) is 16.9 Å². The molecule has 2 N–H and O–H groups in total. The maximum atomic E-state index is 12.9. The number of halogens is 2. The molecule has 0 unspecified atom stereocenters. The molecule has 29 heavy (non-hydrogen) atoms. The van der Waals surface area contributed by atoms with Crippen molar-refractivity contribution in [1.29, 1.82) is 0 Å². The molecule has 7 nitrogen and oxygen atoms in total. The van der Waals surface area contributed by atoms with Gasteiger partial charge in [-0.15, -0.1) is 0 Å². The van der Waals surface area contributed by atoms with Crippen LogP contribution in [0.1, 0.15) is 12.5 Å². The maximum Gasteiger partial charge on any atom is 0.249 e. The van der Waals surface area contributed by atoms with Crippen molar-refractivity contribution in [1.82, 2.24) is 9.78 Å². The van der Waals surface area contributed by atoms with Crippen LogP contribution >= 0.6 is 23.2 Å². The zero-order valence-corrected chi connectivity index (χ0v) is 16.8. The number of hydrogen-bond acceptors (Lipinski definition) is 4. The lowest BCUT2D eigenvalue weighted by Gasteiger charge is -2.24. The molecule has 0 fully saturated rings. The average molecular weight is 431 g/mol. The minimum absolute atomic E-state index is 0.0409. The van der Waals surface area contributed by atoms with Gasteiger partial charge in [-0.1, -0.05) is 41.4 Å². The summed E-state index contributed by atoms with van der Waals surface area (Å²) in [5, 5.41) is 10.5. The summed E-state index contributed by atoms with van der Waals surface area (Å²) in [6.07, 6.45) is 1.58. The number of benzene rings is 2. The van der Waals surface area contributed by atoms with Gasteiger partial charge in [0.25, 0.3) is 0 Å². The highest BCUT2D eigenvalue weighted by molar-refractivity contribution is 6.44. The van der Waals surface area contributed by atoms with Crippen LogP contribution in [-0.2, 0) is 9.59 Å². The predicted octanol–water partition coefficient (Wildman–Crippen LogP) is 4.39. The molecule has 0 saturated carbocycles. The highest BCUT2D eigenvalue weighted by atomic mass is 35.5. The molecular formula is C20H16Cl2N4O3. The molecule has 0 spiro atoms. The molecule has 4 rings (SSSR count). The molecule has 3 aromatic rings. The van der Waals surface area contributed by atoms with E-state index in [1.165, 1.54) is 4.68 Å². The molecule has 1 aliphatic rings. The van der Waals surface area contributed by atoms with Gasteiger partial charge in [-0.05, 0) is 29.8 Å². The summed E-state index contributed by atoms with van der Waals surface area (Å²) in [5.74, 6) is 0.498. The molecule has 2 heterocycles. The third-order valence-corrected chi connectivity index (χ3v) is 5.46. The molecule has 1 aromatic heterocycles. The molecule has 148 valence electrons. The highest BCUT2D eigenvalue weighted by Gasteiger charge is 2.33. The van der Waals surface area contributed by atoms with Crippen molar-refractivity contribution >= 4 is 46.5 Å². The number of carbonyl (C=O) groups is 2. The molecule has 1 aliphatic heterocycles. The second-order valence-electron chi connectivity index (χ2n) is 6.44. The second kappa shape index (κ2) is 7.77. The van der Waals surface area contributed by atoms with Gasteiger partial charge in [-0.2, -0.15) is 5.10 Å². The number of ether oxygens (including phenoxy) is 1. The van der Waals surface area contributed by atoms with E-state index in [-0.39, 0.29) is 17.4 Å². The Hall–Kier alpha value is -3.03. The number of carbonyl (C=O) groups excluding carboxylic acids is 2. The molecule has 0 saturated heterocycles. The highest BCUT2D eigenvalue weighted by Crippen LogP contribution is 2.36. The van der Waals surface area contributed by atoms with Crippen LogP contribution in [0.4, 0.5) is 11.5 Å². The number of nitrogens with one attached hydrogen (secondary N) is 2. The summed E-state index contributed by atoms with van der Waals surface area (Å²) in [5.41, 5.74) is 1.92. The van der Waals surface area contributed by atoms with Crippen LogP contribution in [-0.4, -0.2) is 28.7 Å². The number of fused-ring (bicyclic) bond motifs is 1. The van der Waals surface area contributed by atoms with E-state index in [1.807, 2.05) is 24.3 Å². The van der Waals surface area contributed by atoms with E-state index in [1.54, 1.807) is 31.5 Å². The zero-order valence-electron chi connectivity index (χ0n) is 15.3. The van der Waals surface area contributed by atoms with Crippen LogP contribution in [0.15, 0.2) is 48.7 Å². The lowest BCUT2D eigenvalue weighted by molar-refractivity contribution is -0.125. The van der Waals surface area contributed by atoms with Crippen LogP contribution in [0.3, 0.4) is 0 Å². The second-order valence-corrected chi connectivity index (χ2v) is 7.22. The quantitative estimate of drug-likeness (QED) is 0.642. The van der Waals surface area contributed by atoms with E-state index in [9.17, 15) is 9.59 Å². The fraction of sp³-hybridized carbons (Fsp3) is 0.150. The lowest BCUT2D eigenvalue weighted by Crippen LogP contribution is -2.35. The minimum atomic E-state index is -0.819. The standard InChI is InChI=1S/C20H16Cl2N4O3/c1-29-12-7-5-11(6-8-12)13-10-23-26-16(9-17(27)25-19(13)26)20(28)24-15-4-2-3-14(21)18(15)22/h2-8,10,16H,9H2,1H3,(H,24,28)(H,25,27)/t16-/m1/s1. The number of aromatic nitrogens is 2. The maximum absolute atomic E-state index is 12.9. The topological polar surface area (TPSA) is 85.2 Å². The summed E-state index contributed by atoms with van der Waals surface area (Å²) in [4.78, 5) is 25.2. The molecule has 9 heteroatoms. The van der Waals surface area contributed by atoms with Gasteiger partial charge in [-0.3, -0.25) is 9.59 Å². The number of amides is 2. The third-order valence-electron chi connectivity index (χ3n) is 4.64. The van der Waals surface area contributed by atoms with Crippen LogP contribution in [0.25, 0.3) is 11.1 Å². The zero-order chi connectivity index (χ0) is 20.5. The first-order valence-electron chi connectivity index (χ1n) is 8.74. The first kappa shape index (κ1) is 19.3. The van der Waals surface area contributed by atoms with Crippen LogP contribution < -0.4 is 15.4 Å². The fourth-order valence-electron chi connectivity index (χ4n) is 3.17. The van der Waals surface area contributed by atoms with E-state index in [0.29, 0.717) is 22.1 Å². The van der Waals surface area contributed by atoms with Gasteiger partial charge in [0.15, 0.2) is 0 Å². The van der Waals surface area contributed by atoms with E-state index in [2.05, 4.69) is 15.7 Å². The molecule has 2 aromatic carbocycles. The average Bonchev–Trinajstić information content (AvgIpc) is 3.14. The fourth-order valence-corrected chi connectivity index (χ4v) is 3.52. The SMILES string of the molecule is COc1ccc(-c2cnn3c2NC(=O)C[C@@H]3C(=O)Nc2cccc(Cl)c2Cl)cc1. The molecule has 2 amide bonds. The molecule has 0 aliphatic carbocycles. The van der Waals surface area contributed by atoms with Crippen LogP contribution in [0, 0.1) is 0 Å². The Kier molecular flexibility index (Phi) is 5.17. The number of hydrogen-bond donors (Lipinski definition) is 2. The van der Waals surface area contributed by atoms with Gasteiger partial charge in [0.2, 0.25) is 11.8 Å². The van der Waals surface area contributed by atoms with Crippen molar-refractivity contribution in [3.63, 3.8) is 0 Å². The van der Waals surface area contributed by atoms with Crippen LogP contribution in [0.2, 0.25) is 10.0 Å². The number of methoxy groups -OCH3 is 1.